The first-order valence-corrected chi connectivity index (χ1v) is 8.74. The highest BCUT2D eigenvalue weighted by molar-refractivity contribution is 7.90. The molecule has 0 spiro atoms. The Balaban J connectivity index is 1.78. The number of nitrogens with one attached hydrogen (secondary N) is 1. The highest BCUT2D eigenvalue weighted by atomic mass is 32.2. The van der Waals surface area contributed by atoms with Gasteiger partial charge in [0.05, 0.1) is 5.25 Å². The van der Waals surface area contributed by atoms with Crippen LogP contribution < -0.4 is 4.72 Å². The third-order valence-electron chi connectivity index (χ3n) is 3.85. The van der Waals surface area contributed by atoms with Crippen molar-refractivity contribution in [2.45, 2.75) is 11.7 Å². The molecular formula is C14H17N5O3S. The van der Waals surface area contributed by atoms with Crippen LogP contribution in [0.3, 0.4) is 0 Å². The van der Waals surface area contributed by atoms with Gasteiger partial charge >= 0.3 is 0 Å². The van der Waals surface area contributed by atoms with E-state index in [0.717, 1.165) is 0 Å². The highest BCUT2D eigenvalue weighted by Gasteiger charge is 2.35. The van der Waals surface area contributed by atoms with Crippen molar-refractivity contribution in [2.24, 2.45) is 0 Å². The van der Waals surface area contributed by atoms with E-state index in [1.807, 2.05) is 0 Å². The average Bonchev–Trinajstić information content (AvgIpc) is 3.26. The van der Waals surface area contributed by atoms with Gasteiger partial charge in [0, 0.05) is 25.5 Å². The summed E-state index contributed by atoms with van der Waals surface area (Å²) in [4.78, 5) is 18.4. The van der Waals surface area contributed by atoms with Gasteiger partial charge < -0.3 is 4.90 Å². The van der Waals surface area contributed by atoms with Crippen LogP contribution in [0.15, 0.2) is 36.7 Å². The van der Waals surface area contributed by atoms with Gasteiger partial charge in [-0.15, -0.1) is 0 Å². The van der Waals surface area contributed by atoms with Crippen LogP contribution in [-0.2, 0) is 10.0 Å². The van der Waals surface area contributed by atoms with E-state index in [2.05, 4.69) is 14.8 Å². The van der Waals surface area contributed by atoms with Crippen LogP contribution in [0.5, 0.6) is 0 Å². The summed E-state index contributed by atoms with van der Waals surface area (Å²) in [6.07, 6.45) is 3.79. The summed E-state index contributed by atoms with van der Waals surface area (Å²) in [5.41, 5.74) is 0.278. The zero-order valence-corrected chi connectivity index (χ0v) is 13.4. The van der Waals surface area contributed by atoms with Crippen molar-refractivity contribution in [2.75, 3.05) is 20.1 Å². The van der Waals surface area contributed by atoms with E-state index in [-0.39, 0.29) is 18.1 Å². The van der Waals surface area contributed by atoms with Gasteiger partial charge in [-0.3, -0.25) is 4.79 Å². The third-order valence-corrected chi connectivity index (χ3v) is 5.68. The lowest BCUT2D eigenvalue weighted by Crippen LogP contribution is -2.36. The average molecular weight is 335 g/mol. The summed E-state index contributed by atoms with van der Waals surface area (Å²) in [7, 11) is -1.98. The number of pyridine rings is 1. The van der Waals surface area contributed by atoms with Gasteiger partial charge in [0.2, 0.25) is 10.0 Å². The van der Waals surface area contributed by atoms with Crippen molar-refractivity contribution in [1.29, 1.82) is 0 Å². The number of hydrogen-bond acceptors (Lipinski definition) is 5. The fraction of sp³-hybridized carbons (Fsp3) is 0.357. The Morgan fingerprint density at radius 1 is 1.35 bits per heavy atom. The van der Waals surface area contributed by atoms with Crippen molar-refractivity contribution >= 4 is 15.9 Å². The second-order valence-corrected chi connectivity index (χ2v) is 7.41. The first-order valence-electron chi connectivity index (χ1n) is 7.20. The van der Waals surface area contributed by atoms with Crippen molar-refractivity contribution in [3.05, 3.63) is 42.4 Å². The quantitative estimate of drug-likeness (QED) is 0.850. The number of hydrogen-bond donors (Lipinski definition) is 1. The first kappa shape index (κ1) is 15.6. The van der Waals surface area contributed by atoms with Gasteiger partial charge in [0.15, 0.2) is 5.82 Å². The molecule has 2 aromatic heterocycles. The van der Waals surface area contributed by atoms with Crippen molar-refractivity contribution in [1.82, 2.24) is 24.4 Å². The predicted octanol–water partition coefficient (Wildman–Crippen LogP) is 0.0310. The Morgan fingerprint density at radius 2 is 2.17 bits per heavy atom. The summed E-state index contributed by atoms with van der Waals surface area (Å²) >= 11 is 0. The Kier molecular flexibility index (Phi) is 4.14. The minimum atomic E-state index is -3.37. The molecule has 9 heteroatoms. The Hall–Kier alpha value is -2.26. The molecule has 0 aliphatic carbocycles. The minimum absolute atomic E-state index is 0.176. The number of amides is 1. The summed E-state index contributed by atoms with van der Waals surface area (Å²) in [6.45, 7) is 0.577. The maximum Gasteiger partial charge on any atom is 0.272 e. The van der Waals surface area contributed by atoms with Gasteiger partial charge in [-0.25, -0.2) is 22.8 Å². The fourth-order valence-electron chi connectivity index (χ4n) is 2.57. The first-order chi connectivity index (χ1) is 11.0. The number of rotatable bonds is 4. The topological polar surface area (TPSA) is 97.2 Å². The van der Waals surface area contributed by atoms with Crippen LogP contribution in [0.4, 0.5) is 0 Å². The molecule has 0 radical (unpaired) electrons. The Labute approximate surface area is 134 Å². The molecule has 1 atom stereocenters. The number of sulfonamides is 1. The van der Waals surface area contributed by atoms with Crippen LogP contribution in [0, 0.1) is 0 Å². The van der Waals surface area contributed by atoms with Crippen molar-refractivity contribution < 1.29 is 13.2 Å². The van der Waals surface area contributed by atoms with Crippen molar-refractivity contribution in [3.63, 3.8) is 0 Å². The Bertz CT molecular complexity index is 804. The van der Waals surface area contributed by atoms with Crippen molar-refractivity contribution in [3.8, 4) is 5.82 Å². The van der Waals surface area contributed by atoms with E-state index < -0.39 is 15.3 Å². The second kappa shape index (κ2) is 6.09. The zero-order valence-electron chi connectivity index (χ0n) is 12.6. The lowest BCUT2D eigenvalue weighted by Gasteiger charge is -2.16. The molecule has 1 amide bonds. The van der Waals surface area contributed by atoms with E-state index in [1.54, 1.807) is 41.3 Å². The van der Waals surface area contributed by atoms with E-state index in [0.29, 0.717) is 18.8 Å². The van der Waals surface area contributed by atoms with Gasteiger partial charge in [0.25, 0.3) is 5.91 Å². The monoisotopic (exact) mass is 335 g/mol. The molecule has 0 saturated carbocycles. The van der Waals surface area contributed by atoms with Gasteiger partial charge in [-0.05, 0) is 31.7 Å². The maximum absolute atomic E-state index is 12.5. The molecule has 1 N–H and O–H groups in total. The molecule has 1 unspecified atom stereocenters. The van der Waals surface area contributed by atoms with Gasteiger partial charge in [-0.1, -0.05) is 6.07 Å². The largest absolute Gasteiger partial charge is 0.336 e. The van der Waals surface area contributed by atoms with E-state index in [4.69, 9.17) is 0 Å². The number of carbonyl (C=O) groups excluding carboxylic acids is 1. The molecule has 3 heterocycles. The minimum Gasteiger partial charge on any atom is -0.336 e. The normalized spacial score (nSPS) is 18.3. The van der Waals surface area contributed by atoms with Gasteiger partial charge in [-0.2, -0.15) is 5.10 Å². The second-order valence-electron chi connectivity index (χ2n) is 5.24. The predicted molar refractivity (Wildman–Crippen MR) is 83.6 cm³/mol. The van der Waals surface area contributed by atoms with Crippen LogP contribution in [0.1, 0.15) is 16.9 Å². The summed E-state index contributed by atoms with van der Waals surface area (Å²) in [5, 5.41) is 3.50. The van der Waals surface area contributed by atoms with Gasteiger partial charge in [0.1, 0.15) is 5.69 Å². The molecule has 0 bridgehead atoms. The fourth-order valence-corrected chi connectivity index (χ4v) is 3.69. The summed E-state index contributed by atoms with van der Waals surface area (Å²) in [6, 6.07) is 6.87. The molecule has 1 saturated heterocycles. The maximum atomic E-state index is 12.5. The highest BCUT2D eigenvalue weighted by Crippen LogP contribution is 2.18. The molecule has 0 aromatic carbocycles. The number of likely N-dealkylation sites (tertiary alicyclic amines) is 1. The van der Waals surface area contributed by atoms with Crippen LogP contribution in [-0.4, -0.2) is 59.4 Å². The molecule has 1 aliphatic heterocycles. The van der Waals surface area contributed by atoms with Crippen LogP contribution >= 0.6 is 0 Å². The molecular weight excluding hydrogens is 318 g/mol. The number of nitrogens with zero attached hydrogens (tertiary/aromatic N) is 4. The zero-order chi connectivity index (χ0) is 16.4. The molecule has 1 fully saturated rings. The summed E-state index contributed by atoms with van der Waals surface area (Å²) < 4.78 is 27.6. The van der Waals surface area contributed by atoms with Crippen LogP contribution in [0.25, 0.3) is 5.82 Å². The van der Waals surface area contributed by atoms with Crippen LogP contribution in [0.2, 0.25) is 0 Å². The summed E-state index contributed by atoms with van der Waals surface area (Å²) in [5.74, 6) is 0.271. The van der Waals surface area contributed by atoms with E-state index in [1.165, 1.54) is 11.9 Å². The smallest absolute Gasteiger partial charge is 0.272 e. The third kappa shape index (κ3) is 3.10. The Morgan fingerprint density at radius 3 is 2.87 bits per heavy atom. The lowest BCUT2D eigenvalue weighted by molar-refractivity contribution is 0.0787. The van der Waals surface area contributed by atoms with E-state index >= 15 is 0 Å². The molecule has 3 rings (SSSR count). The number of carbonyl (C=O) groups is 1. The molecule has 8 nitrogen and oxygen atoms in total. The van der Waals surface area contributed by atoms with E-state index in [9.17, 15) is 13.2 Å². The number of aromatic nitrogens is 3. The lowest BCUT2D eigenvalue weighted by atomic mass is 10.3. The SMILES string of the molecule is CNS(=O)(=O)C1CCN(C(=O)c2cccc(-n3cccn3)n2)C1. The standard InChI is InChI=1S/C14H17N5O3S/c1-15-23(21,22)11-6-9-18(10-11)14(20)12-4-2-5-13(17-12)19-8-3-7-16-19/h2-5,7-8,11,15H,6,9-10H2,1H3. The molecule has 122 valence electrons. The molecule has 1 aliphatic rings. The molecule has 23 heavy (non-hydrogen) atoms. The molecule has 2 aromatic rings.